The molecule has 2 N–H and O–H groups in total. The van der Waals surface area contributed by atoms with Crippen LogP contribution in [-0.4, -0.2) is 28.5 Å². The lowest BCUT2D eigenvalue weighted by Crippen LogP contribution is -2.38. The smallest absolute Gasteiger partial charge is 0.211 e. The number of oxazole rings is 1. The lowest BCUT2D eigenvalue weighted by molar-refractivity contribution is 0.0924. The van der Waals surface area contributed by atoms with Crippen LogP contribution in [0.15, 0.2) is 10.7 Å². The van der Waals surface area contributed by atoms with Crippen LogP contribution in [0.3, 0.4) is 0 Å². The van der Waals surface area contributed by atoms with Crippen molar-refractivity contribution < 1.29 is 4.42 Å². The van der Waals surface area contributed by atoms with Gasteiger partial charge >= 0.3 is 0 Å². The molecule has 0 bridgehead atoms. The second-order valence-electron chi connectivity index (χ2n) is 5.70. The van der Waals surface area contributed by atoms with E-state index in [1.165, 1.54) is 12.8 Å². The van der Waals surface area contributed by atoms with Gasteiger partial charge in [-0.2, -0.15) is 0 Å². The normalized spacial score (nSPS) is 23.5. The van der Waals surface area contributed by atoms with Crippen LogP contribution < -0.4 is 5.73 Å². The van der Waals surface area contributed by atoms with E-state index in [-0.39, 0.29) is 6.04 Å². The van der Waals surface area contributed by atoms with Crippen molar-refractivity contribution in [1.29, 1.82) is 0 Å². The Kier molecular flexibility index (Phi) is 4.40. The first-order valence-corrected chi connectivity index (χ1v) is 7.03. The fourth-order valence-corrected chi connectivity index (χ4v) is 2.74. The maximum atomic E-state index is 5.80. The largest absolute Gasteiger partial charge is 0.447 e. The zero-order valence-electron chi connectivity index (χ0n) is 11.7. The van der Waals surface area contributed by atoms with Crippen LogP contribution in [0.5, 0.6) is 0 Å². The Morgan fingerprint density at radius 3 is 2.89 bits per heavy atom. The maximum Gasteiger partial charge on any atom is 0.211 e. The summed E-state index contributed by atoms with van der Waals surface area (Å²) in [5, 5.41) is 0. The SMILES string of the molecule is CC(N)Cc1coc(C2CCCCN2C(C)C)n1. The molecule has 0 radical (unpaired) electrons. The molecule has 2 unspecified atom stereocenters. The van der Waals surface area contributed by atoms with E-state index in [9.17, 15) is 0 Å². The van der Waals surface area contributed by atoms with Gasteiger partial charge in [-0.1, -0.05) is 6.42 Å². The summed E-state index contributed by atoms with van der Waals surface area (Å²) in [5.41, 5.74) is 6.78. The molecule has 0 amide bonds. The summed E-state index contributed by atoms with van der Waals surface area (Å²) in [6.45, 7) is 7.62. The van der Waals surface area contributed by atoms with Gasteiger partial charge < -0.3 is 10.2 Å². The van der Waals surface area contributed by atoms with Crippen molar-refractivity contribution in [3.05, 3.63) is 17.8 Å². The third-order valence-electron chi connectivity index (χ3n) is 3.59. The standard InChI is InChI=1S/C14H25N3O/c1-10(2)17-7-5-4-6-13(17)14-16-12(9-18-14)8-11(3)15/h9-11,13H,4-8,15H2,1-3H3. The van der Waals surface area contributed by atoms with Gasteiger partial charge in [0.2, 0.25) is 5.89 Å². The molecule has 2 rings (SSSR count). The predicted molar refractivity (Wildman–Crippen MR) is 72.3 cm³/mol. The second-order valence-corrected chi connectivity index (χ2v) is 5.70. The summed E-state index contributed by atoms with van der Waals surface area (Å²) >= 11 is 0. The Morgan fingerprint density at radius 2 is 2.22 bits per heavy atom. The molecule has 2 atom stereocenters. The summed E-state index contributed by atoms with van der Waals surface area (Å²) in [6.07, 6.45) is 6.25. The van der Waals surface area contributed by atoms with Crippen molar-refractivity contribution >= 4 is 0 Å². The van der Waals surface area contributed by atoms with Gasteiger partial charge in [0, 0.05) is 18.5 Å². The number of piperidine rings is 1. The molecular weight excluding hydrogens is 226 g/mol. The molecule has 18 heavy (non-hydrogen) atoms. The van der Waals surface area contributed by atoms with Gasteiger partial charge in [-0.15, -0.1) is 0 Å². The molecule has 1 aliphatic heterocycles. The summed E-state index contributed by atoms with van der Waals surface area (Å²) in [5.74, 6) is 0.874. The van der Waals surface area contributed by atoms with E-state index in [2.05, 4.69) is 23.7 Å². The van der Waals surface area contributed by atoms with Crippen LogP contribution in [0.4, 0.5) is 0 Å². The van der Waals surface area contributed by atoms with Crippen LogP contribution in [0.1, 0.15) is 57.7 Å². The fraction of sp³-hybridized carbons (Fsp3) is 0.786. The minimum Gasteiger partial charge on any atom is -0.447 e. The lowest BCUT2D eigenvalue weighted by atomic mass is 10.0. The molecule has 2 heterocycles. The highest BCUT2D eigenvalue weighted by Crippen LogP contribution is 2.31. The van der Waals surface area contributed by atoms with Crippen molar-refractivity contribution in [3.8, 4) is 0 Å². The van der Waals surface area contributed by atoms with E-state index in [1.807, 2.05) is 6.92 Å². The number of rotatable bonds is 4. The summed E-state index contributed by atoms with van der Waals surface area (Å²) in [7, 11) is 0. The van der Waals surface area contributed by atoms with Crippen molar-refractivity contribution in [1.82, 2.24) is 9.88 Å². The summed E-state index contributed by atoms with van der Waals surface area (Å²) in [6, 6.07) is 1.02. The molecule has 0 aliphatic carbocycles. The van der Waals surface area contributed by atoms with Gasteiger partial charge in [0.05, 0.1) is 11.7 Å². The zero-order valence-corrected chi connectivity index (χ0v) is 11.7. The van der Waals surface area contributed by atoms with E-state index in [0.717, 1.165) is 31.0 Å². The first-order valence-electron chi connectivity index (χ1n) is 7.03. The highest BCUT2D eigenvalue weighted by molar-refractivity contribution is 5.03. The molecule has 1 aliphatic rings. The average molecular weight is 251 g/mol. The lowest BCUT2D eigenvalue weighted by Gasteiger charge is -2.36. The molecule has 1 fully saturated rings. The molecule has 4 nitrogen and oxygen atoms in total. The topological polar surface area (TPSA) is 55.3 Å². The van der Waals surface area contributed by atoms with Gasteiger partial charge in [-0.3, -0.25) is 4.90 Å². The van der Waals surface area contributed by atoms with Crippen molar-refractivity contribution in [2.24, 2.45) is 5.73 Å². The van der Waals surface area contributed by atoms with Crippen LogP contribution in [0.25, 0.3) is 0 Å². The zero-order chi connectivity index (χ0) is 13.1. The highest BCUT2D eigenvalue weighted by Gasteiger charge is 2.29. The van der Waals surface area contributed by atoms with Gasteiger partial charge in [0.1, 0.15) is 6.26 Å². The number of hydrogen-bond acceptors (Lipinski definition) is 4. The Balaban J connectivity index is 2.10. The second kappa shape index (κ2) is 5.85. The van der Waals surface area contributed by atoms with Crippen molar-refractivity contribution in [3.63, 3.8) is 0 Å². The molecule has 4 heteroatoms. The minimum absolute atomic E-state index is 0.135. The predicted octanol–water partition coefficient (Wildman–Crippen LogP) is 2.50. The van der Waals surface area contributed by atoms with Crippen LogP contribution in [0, 0.1) is 0 Å². The minimum atomic E-state index is 0.135. The molecule has 1 aromatic heterocycles. The highest BCUT2D eigenvalue weighted by atomic mass is 16.3. The third kappa shape index (κ3) is 3.12. The molecular formula is C14H25N3O. The molecule has 0 spiro atoms. The summed E-state index contributed by atoms with van der Waals surface area (Å²) < 4.78 is 5.68. The van der Waals surface area contributed by atoms with Gasteiger partial charge in [-0.25, -0.2) is 4.98 Å². The average Bonchev–Trinajstić information content (AvgIpc) is 2.76. The molecule has 1 aromatic rings. The number of likely N-dealkylation sites (tertiary alicyclic amines) is 1. The quantitative estimate of drug-likeness (QED) is 0.893. The molecule has 0 saturated carbocycles. The Hall–Kier alpha value is -0.870. The van der Waals surface area contributed by atoms with Crippen LogP contribution >= 0.6 is 0 Å². The van der Waals surface area contributed by atoms with Crippen LogP contribution in [-0.2, 0) is 6.42 Å². The fourth-order valence-electron chi connectivity index (χ4n) is 2.74. The Morgan fingerprint density at radius 1 is 1.44 bits per heavy atom. The van der Waals surface area contributed by atoms with E-state index in [0.29, 0.717) is 12.1 Å². The van der Waals surface area contributed by atoms with E-state index >= 15 is 0 Å². The van der Waals surface area contributed by atoms with Gasteiger partial charge in [-0.05, 0) is 40.2 Å². The van der Waals surface area contributed by atoms with Crippen molar-refractivity contribution in [2.75, 3.05) is 6.54 Å². The number of aromatic nitrogens is 1. The van der Waals surface area contributed by atoms with E-state index < -0.39 is 0 Å². The monoisotopic (exact) mass is 251 g/mol. The number of hydrogen-bond donors (Lipinski definition) is 1. The van der Waals surface area contributed by atoms with E-state index in [1.54, 1.807) is 6.26 Å². The van der Waals surface area contributed by atoms with E-state index in [4.69, 9.17) is 10.2 Å². The molecule has 1 saturated heterocycles. The summed E-state index contributed by atoms with van der Waals surface area (Å²) in [4.78, 5) is 7.11. The third-order valence-corrected chi connectivity index (χ3v) is 3.59. The number of nitrogens with zero attached hydrogens (tertiary/aromatic N) is 2. The Labute approximate surface area is 110 Å². The number of nitrogens with two attached hydrogens (primary N) is 1. The first kappa shape index (κ1) is 13.6. The Bertz CT molecular complexity index is 373. The van der Waals surface area contributed by atoms with Gasteiger partial charge in [0.15, 0.2) is 0 Å². The molecule has 0 aromatic carbocycles. The van der Waals surface area contributed by atoms with Gasteiger partial charge in [0.25, 0.3) is 0 Å². The van der Waals surface area contributed by atoms with Crippen LogP contribution in [0.2, 0.25) is 0 Å². The van der Waals surface area contributed by atoms with Crippen molar-refractivity contribution in [2.45, 2.75) is 64.6 Å². The first-order chi connectivity index (χ1) is 8.58. The molecule has 102 valence electrons. The maximum absolute atomic E-state index is 5.80.